The molecule has 8 heteroatoms. The minimum absolute atomic E-state index is 0.0892. The van der Waals surface area contributed by atoms with E-state index < -0.39 is 0 Å². The predicted octanol–water partition coefficient (Wildman–Crippen LogP) is -0.564. The van der Waals surface area contributed by atoms with Crippen LogP contribution in [0.4, 0.5) is 5.82 Å². The van der Waals surface area contributed by atoms with E-state index in [1.165, 1.54) is 4.63 Å². The van der Waals surface area contributed by atoms with Crippen molar-refractivity contribution in [3.05, 3.63) is 12.1 Å². The Morgan fingerprint density at radius 3 is 3.22 bits per heavy atom. The number of nitrogens with zero attached hydrogens (tertiary/aromatic N) is 5. The van der Waals surface area contributed by atoms with E-state index >= 15 is 0 Å². The second-order valence-electron chi connectivity index (χ2n) is 4.31. The number of tetrazole rings is 1. The third-order valence-electron chi connectivity index (χ3n) is 3.13. The van der Waals surface area contributed by atoms with Crippen molar-refractivity contribution in [1.82, 2.24) is 25.3 Å². The van der Waals surface area contributed by atoms with Crippen LogP contribution in [0.2, 0.25) is 0 Å². The summed E-state index contributed by atoms with van der Waals surface area (Å²) in [7, 11) is 0. The molecular weight excluding hydrogens is 234 g/mol. The third-order valence-corrected chi connectivity index (χ3v) is 3.13. The Morgan fingerprint density at radius 2 is 2.44 bits per heavy atom. The Labute approximate surface area is 103 Å². The first-order chi connectivity index (χ1) is 8.78. The Kier molecular flexibility index (Phi) is 2.80. The van der Waals surface area contributed by atoms with E-state index in [1.807, 2.05) is 13.0 Å². The molecule has 0 bridgehead atoms. The highest BCUT2D eigenvalue weighted by molar-refractivity contribution is 5.43. The molecule has 2 aromatic heterocycles. The summed E-state index contributed by atoms with van der Waals surface area (Å²) in [5.74, 6) is 0.694. The zero-order valence-electron chi connectivity index (χ0n) is 10.0. The van der Waals surface area contributed by atoms with E-state index in [9.17, 15) is 0 Å². The molecule has 0 radical (unpaired) electrons. The van der Waals surface area contributed by atoms with Crippen LogP contribution in [0, 0.1) is 0 Å². The van der Waals surface area contributed by atoms with Gasteiger partial charge in [-0.25, -0.2) is 0 Å². The molecule has 0 saturated heterocycles. The number of anilines is 1. The highest BCUT2D eigenvalue weighted by Crippen LogP contribution is 2.25. The van der Waals surface area contributed by atoms with Crippen molar-refractivity contribution in [2.75, 3.05) is 11.9 Å². The lowest BCUT2D eigenvalue weighted by Gasteiger charge is -2.42. The van der Waals surface area contributed by atoms with Crippen molar-refractivity contribution in [3.63, 3.8) is 0 Å². The van der Waals surface area contributed by atoms with Gasteiger partial charge in [0.1, 0.15) is 5.82 Å². The van der Waals surface area contributed by atoms with Crippen molar-refractivity contribution >= 4 is 11.5 Å². The molecule has 3 atom stereocenters. The summed E-state index contributed by atoms with van der Waals surface area (Å²) in [6, 6.07) is 3.81. The van der Waals surface area contributed by atoms with Gasteiger partial charge in [-0.2, -0.15) is 0 Å². The van der Waals surface area contributed by atoms with Crippen LogP contribution in [0.15, 0.2) is 12.1 Å². The molecule has 1 aliphatic carbocycles. The number of hydrogen-bond acceptors (Lipinski definition) is 7. The molecule has 2 aromatic rings. The molecule has 0 spiro atoms. The van der Waals surface area contributed by atoms with Crippen molar-refractivity contribution in [2.24, 2.45) is 5.73 Å². The summed E-state index contributed by atoms with van der Waals surface area (Å²) < 4.78 is 6.97. The van der Waals surface area contributed by atoms with E-state index in [2.05, 4.69) is 25.9 Å². The molecule has 2 heterocycles. The molecule has 8 nitrogen and oxygen atoms in total. The number of hydrogen-bond donors (Lipinski definition) is 2. The molecule has 96 valence electrons. The molecule has 18 heavy (non-hydrogen) atoms. The first-order valence-corrected chi connectivity index (χ1v) is 5.97. The van der Waals surface area contributed by atoms with Gasteiger partial charge in [-0.05, 0) is 35.9 Å². The van der Waals surface area contributed by atoms with Crippen LogP contribution in [0.3, 0.4) is 0 Å². The van der Waals surface area contributed by atoms with Crippen molar-refractivity contribution in [1.29, 1.82) is 0 Å². The minimum atomic E-state index is 0.0892. The quantitative estimate of drug-likeness (QED) is 0.748. The van der Waals surface area contributed by atoms with Crippen LogP contribution >= 0.6 is 0 Å². The summed E-state index contributed by atoms with van der Waals surface area (Å²) in [6.07, 6.45) is 1.02. The maximum absolute atomic E-state index is 5.97. The van der Waals surface area contributed by atoms with E-state index in [4.69, 9.17) is 10.5 Å². The van der Waals surface area contributed by atoms with Crippen LogP contribution in [0.1, 0.15) is 13.3 Å². The fourth-order valence-electron chi connectivity index (χ4n) is 2.12. The van der Waals surface area contributed by atoms with Gasteiger partial charge in [0, 0.05) is 12.6 Å². The maximum atomic E-state index is 5.97. The maximum Gasteiger partial charge on any atom is 0.200 e. The second-order valence-corrected chi connectivity index (χ2v) is 4.31. The fourth-order valence-corrected chi connectivity index (χ4v) is 2.12. The number of aromatic nitrogens is 5. The van der Waals surface area contributed by atoms with Crippen LogP contribution in [0.5, 0.6) is 0 Å². The van der Waals surface area contributed by atoms with Crippen LogP contribution in [-0.2, 0) is 4.74 Å². The second kappa shape index (κ2) is 4.46. The van der Waals surface area contributed by atoms with Gasteiger partial charge in [-0.3, -0.25) is 0 Å². The lowest BCUT2D eigenvalue weighted by atomic mass is 9.83. The molecule has 0 aliphatic heterocycles. The lowest BCUT2D eigenvalue weighted by molar-refractivity contribution is -0.0127. The van der Waals surface area contributed by atoms with E-state index in [-0.39, 0.29) is 18.2 Å². The highest BCUT2D eigenvalue weighted by Gasteiger charge is 2.39. The summed E-state index contributed by atoms with van der Waals surface area (Å²) in [4.78, 5) is 0. The number of nitrogens with one attached hydrogen (secondary N) is 1. The minimum Gasteiger partial charge on any atom is -0.376 e. The molecule has 0 amide bonds. The number of fused-ring (bicyclic) bond motifs is 1. The first kappa shape index (κ1) is 11.3. The largest absolute Gasteiger partial charge is 0.376 e. The van der Waals surface area contributed by atoms with Crippen molar-refractivity contribution < 1.29 is 4.74 Å². The number of ether oxygens (including phenoxy) is 1. The Morgan fingerprint density at radius 1 is 1.56 bits per heavy atom. The molecule has 3 N–H and O–H groups in total. The van der Waals surface area contributed by atoms with Gasteiger partial charge in [0.05, 0.1) is 12.1 Å². The molecule has 1 saturated carbocycles. The van der Waals surface area contributed by atoms with Gasteiger partial charge in [0.15, 0.2) is 5.65 Å². The zero-order chi connectivity index (χ0) is 12.5. The van der Waals surface area contributed by atoms with Crippen molar-refractivity contribution in [3.8, 4) is 0 Å². The highest BCUT2D eigenvalue weighted by atomic mass is 16.5. The fraction of sp³-hybridized carbons (Fsp3) is 0.600. The molecule has 1 fully saturated rings. The molecule has 1 aliphatic rings. The Bertz CT molecular complexity index is 540. The summed E-state index contributed by atoms with van der Waals surface area (Å²) >= 11 is 0. The monoisotopic (exact) mass is 249 g/mol. The van der Waals surface area contributed by atoms with E-state index in [0.29, 0.717) is 18.1 Å². The van der Waals surface area contributed by atoms with E-state index in [1.54, 1.807) is 6.07 Å². The lowest BCUT2D eigenvalue weighted by Crippen LogP contribution is -2.60. The first-order valence-electron chi connectivity index (χ1n) is 5.97. The van der Waals surface area contributed by atoms with Gasteiger partial charge >= 0.3 is 0 Å². The predicted molar refractivity (Wildman–Crippen MR) is 64.0 cm³/mol. The third kappa shape index (κ3) is 1.89. The van der Waals surface area contributed by atoms with E-state index in [0.717, 1.165) is 6.42 Å². The SMILES string of the molecule is CCOC1CC(N)C1Nc1ccc2nnnn2n1. The van der Waals surface area contributed by atoms with Gasteiger partial charge in [-0.15, -0.1) is 14.8 Å². The molecular formula is C10H15N7O. The average Bonchev–Trinajstić information content (AvgIpc) is 2.83. The standard InChI is InChI=1S/C10H15N7O/c1-2-18-7-5-6(11)10(7)12-8-3-4-9-13-15-16-17(9)14-8/h3-4,6-7,10H,2,5,11H2,1H3,(H,12,14). The Balaban J connectivity index is 1.74. The average molecular weight is 249 g/mol. The summed E-state index contributed by atoms with van der Waals surface area (Å²) in [6.45, 7) is 2.67. The number of nitrogens with two attached hydrogens (primary N) is 1. The smallest absolute Gasteiger partial charge is 0.200 e. The summed E-state index contributed by atoms with van der Waals surface area (Å²) in [5.41, 5.74) is 6.58. The van der Waals surface area contributed by atoms with Gasteiger partial charge < -0.3 is 15.8 Å². The van der Waals surface area contributed by atoms with Gasteiger partial charge in [0.25, 0.3) is 0 Å². The van der Waals surface area contributed by atoms with Crippen LogP contribution < -0.4 is 11.1 Å². The molecule has 3 unspecified atom stereocenters. The topological polar surface area (TPSA) is 103 Å². The number of rotatable bonds is 4. The zero-order valence-corrected chi connectivity index (χ0v) is 10.0. The van der Waals surface area contributed by atoms with Gasteiger partial charge in [0.2, 0.25) is 0 Å². The molecule has 0 aromatic carbocycles. The molecule has 3 rings (SSSR count). The van der Waals surface area contributed by atoms with Gasteiger partial charge in [-0.1, -0.05) is 0 Å². The summed E-state index contributed by atoms with van der Waals surface area (Å²) in [5, 5.41) is 18.6. The normalized spacial score (nSPS) is 27.1. The van der Waals surface area contributed by atoms with Crippen LogP contribution in [-0.4, -0.2) is 50.0 Å². The van der Waals surface area contributed by atoms with Crippen LogP contribution in [0.25, 0.3) is 5.65 Å². The Hall–Kier alpha value is -1.80. The van der Waals surface area contributed by atoms with Crippen molar-refractivity contribution in [2.45, 2.75) is 31.5 Å².